The molecule has 0 saturated heterocycles. The molecule has 0 N–H and O–H groups in total. The summed E-state index contributed by atoms with van der Waals surface area (Å²) >= 11 is 5.10. The van der Waals surface area contributed by atoms with E-state index in [-0.39, 0.29) is 10.6 Å². The molecule has 0 amide bonds. The van der Waals surface area contributed by atoms with Crippen LogP contribution in [0.4, 0.5) is 5.69 Å². The average molecular weight is 337 g/mol. The summed E-state index contributed by atoms with van der Waals surface area (Å²) in [5.41, 5.74) is 1.01. The van der Waals surface area contributed by atoms with E-state index in [1.165, 1.54) is 10.9 Å². The molecule has 4 nitrogen and oxygen atoms in total. The van der Waals surface area contributed by atoms with Crippen LogP contribution >= 0.6 is 27.3 Å². The molecule has 0 unspecified atom stereocenters. The highest BCUT2D eigenvalue weighted by Gasteiger charge is 2.09. The normalized spacial score (nSPS) is 11.0. The molecule has 19 heavy (non-hydrogen) atoms. The van der Waals surface area contributed by atoms with Gasteiger partial charge in [-0.05, 0) is 40.2 Å². The first-order valence-corrected chi connectivity index (χ1v) is 7.22. The molecule has 0 atom stereocenters. The number of halogens is 1. The van der Waals surface area contributed by atoms with Gasteiger partial charge in [0.1, 0.15) is 0 Å². The predicted octanol–water partition coefficient (Wildman–Crippen LogP) is 4.42. The molecule has 2 heterocycles. The minimum atomic E-state index is -0.363. The van der Waals surface area contributed by atoms with Crippen LogP contribution < -0.4 is 0 Å². The van der Waals surface area contributed by atoms with E-state index in [9.17, 15) is 10.1 Å². The highest BCUT2D eigenvalue weighted by atomic mass is 79.9. The van der Waals surface area contributed by atoms with Crippen molar-refractivity contribution in [3.05, 3.63) is 61.4 Å². The molecular weight excluding hydrogens is 328 g/mol. The van der Waals surface area contributed by atoms with E-state index in [1.54, 1.807) is 23.5 Å². The molecule has 0 saturated carbocycles. The van der Waals surface area contributed by atoms with Crippen molar-refractivity contribution in [2.24, 2.45) is 0 Å². The Labute approximate surface area is 121 Å². The van der Waals surface area contributed by atoms with Crippen molar-refractivity contribution in [1.82, 2.24) is 4.57 Å². The summed E-state index contributed by atoms with van der Waals surface area (Å²) in [6, 6.07) is 11.0. The summed E-state index contributed by atoms with van der Waals surface area (Å²) < 4.78 is 3.12. The van der Waals surface area contributed by atoms with E-state index in [1.807, 2.05) is 22.9 Å². The highest BCUT2D eigenvalue weighted by molar-refractivity contribution is 9.11. The van der Waals surface area contributed by atoms with Gasteiger partial charge in [-0.15, -0.1) is 11.3 Å². The van der Waals surface area contributed by atoms with Crippen molar-refractivity contribution < 1.29 is 4.92 Å². The molecule has 0 radical (unpaired) electrons. The van der Waals surface area contributed by atoms with Crippen LogP contribution in [0, 0.1) is 10.1 Å². The van der Waals surface area contributed by atoms with Crippen LogP contribution in [0.25, 0.3) is 10.9 Å². The van der Waals surface area contributed by atoms with Crippen LogP contribution in [0.15, 0.2) is 46.4 Å². The second kappa shape index (κ2) is 4.79. The van der Waals surface area contributed by atoms with Gasteiger partial charge >= 0.3 is 0 Å². The molecule has 2 aromatic heterocycles. The van der Waals surface area contributed by atoms with Gasteiger partial charge in [0.25, 0.3) is 5.69 Å². The third-order valence-electron chi connectivity index (χ3n) is 2.92. The number of nitro groups is 1. The van der Waals surface area contributed by atoms with Gasteiger partial charge in [-0.1, -0.05) is 0 Å². The quantitative estimate of drug-likeness (QED) is 0.525. The average Bonchev–Trinajstić information content (AvgIpc) is 2.96. The lowest BCUT2D eigenvalue weighted by Crippen LogP contribution is -1.96. The minimum absolute atomic E-state index is 0.125. The number of rotatable bonds is 3. The molecule has 0 bridgehead atoms. The second-order valence-electron chi connectivity index (χ2n) is 4.15. The number of non-ortho nitro benzene ring substituents is 1. The topological polar surface area (TPSA) is 48.1 Å². The summed E-state index contributed by atoms with van der Waals surface area (Å²) in [4.78, 5) is 11.7. The van der Waals surface area contributed by atoms with Crippen molar-refractivity contribution in [2.45, 2.75) is 6.54 Å². The maximum absolute atomic E-state index is 10.8. The zero-order chi connectivity index (χ0) is 13.4. The van der Waals surface area contributed by atoms with Gasteiger partial charge in [-0.2, -0.15) is 0 Å². The van der Waals surface area contributed by atoms with E-state index in [4.69, 9.17) is 0 Å². The maximum atomic E-state index is 10.8. The maximum Gasteiger partial charge on any atom is 0.271 e. The highest BCUT2D eigenvalue weighted by Crippen LogP contribution is 2.26. The fourth-order valence-corrected chi connectivity index (χ4v) is 3.51. The Morgan fingerprint density at radius 2 is 2.11 bits per heavy atom. The predicted molar refractivity (Wildman–Crippen MR) is 79.7 cm³/mol. The zero-order valence-corrected chi connectivity index (χ0v) is 12.1. The van der Waals surface area contributed by atoms with E-state index in [2.05, 4.69) is 22.0 Å². The minimum Gasteiger partial charge on any atom is -0.342 e. The van der Waals surface area contributed by atoms with Crippen molar-refractivity contribution in [3.63, 3.8) is 0 Å². The number of fused-ring (bicyclic) bond motifs is 1. The van der Waals surface area contributed by atoms with Crippen LogP contribution in [0.5, 0.6) is 0 Å². The lowest BCUT2D eigenvalue weighted by molar-refractivity contribution is -0.384. The third kappa shape index (κ3) is 2.41. The SMILES string of the molecule is O=[N+]([O-])c1ccc2ccn(Cc3ccc(Br)s3)c2c1. The molecule has 1 aromatic carbocycles. The summed E-state index contributed by atoms with van der Waals surface area (Å²) in [5, 5.41) is 11.8. The summed E-state index contributed by atoms with van der Waals surface area (Å²) in [7, 11) is 0. The largest absolute Gasteiger partial charge is 0.342 e. The number of benzene rings is 1. The van der Waals surface area contributed by atoms with Crippen molar-refractivity contribution in [1.29, 1.82) is 0 Å². The summed E-state index contributed by atoms with van der Waals surface area (Å²) in [5.74, 6) is 0. The van der Waals surface area contributed by atoms with Crippen LogP contribution in [-0.4, -0.2) is 9.49 Å². The number of hydrogen-bond donors (Lipinski definition) is 0. The van der Waals surface area contributed by atoms with Crippen LogP contribution in [0.1, 0.15) is 4.88 Å². The van der Waals surface area contributed by atoms with Gasteiger partial charge in [0.15, 0.2) is 0 Å². The molecule has 3 rings (SSSR count). The van der Waals surface area contributed by atoms with Crippen molar-refractivity contribution in [2.75, 3.05) is 0 Å². The first kappa shape index (κ1) is 12.4. The molecule has 0 spiro atoms. The number of thiophene rings is 1. The first-order valence-electron chi connectivity index (χ1n) is 5.61. The molecule has 0 fully saturated rings. The number of nitrogens with zero attached hydrogens (tertiary/aromatic N) is 2. The van der Waals surface area contributed by atoms with E-state index >= 15 is 0 Å². The molecule has 0 aliphatic carbocycles. The van der Waals surface area contributed by atoms with Crippen molar-refractivity contribution in [3.8, 4) is 0 Å². The van der Waals surface area contributed by atoms with Crippen LogP contribution in [-0.2, 0) is 6.54 Å². The van der Waals surface area contributed by atoms with E-state index < -0.39 is 0 Å². The number of hydrogen-bond acceptors (Lipinski definition) is 3. The van der Waals surface area contributed by atoms with Crippen LogP contribution in [0.3, 0.4) is 0 Å². The summed E-state index contributed by atoms with van der Waals surface area (Å²) in [6.45, 7) is 0.723. The fourth-order valence-electron chi connectivity index (χ4n) is 2.03. The van der Waals surface area contributed by atoms with Crippen LogP contribution in [0.2, 0.25) is 0 Å². The molecule has 6 heteroatoms. The Bertz CT molecular complexity index is 763. The molecule has 0 aliphatic rings. The Morgan fingerprint density at radius 1 is 1.26 bits per heavy atom. The third-order valence-corrected chi connectivity index (χ3v) is 4.53. The van der Waals surface area contributed by atoms with Crippen molar-refractivity contribution >= 4 is 43.9 Å². The Morgan fingerprint density at radius 3 is 2.79 bits per heavy atom. The van der Waals surface area contributed by atoms with Gasteiger partial charge in [0.05, 0.1) is 20.8 Å². The molecule has 96 valence electrons. The first-order chi connectivity index (χ1) is 9.13. The Hall–Kier alpha value is -1.66. The fraction of sp³-hybridized carbons (Fsp3) is 0.0769. The van der Waals surface area contributed by atoms with Gasteiger partial charge in [0.2, 0.25) is 0 Å². The molecule has 3 aromatic rings. The molecular formula is C13H9BrN2O2S. The number of aromatic nitrogens is 1. The Kier molecular flexibility index (Phi) is 3.12. The lowest BCUT2D eigenvalue weighted by Gasteiger charge is -2.03. The number of nitro benzene ring substituents is 1. The van der Waals surface area contributed by atoms with Gasteiger partial charge in [-0.3, -0.25) is 10.1 Å². The van der Waals surface area contributed by atoms with E-state index in [0.29, 0.717) is 0 Å². The Balaban J connectivity index is 2.03. The molecule has 0 aliphatic heterocycles. The standard InChI is InChI=1S/C13H9BrN2O2S/c14-13-4-3-11(19-13)8-15-6-5-9-1-2-10(16(17)18)7-12(9)15/h1-7H,8H2. The monoisotopic (exact) mass is 336 g/mol. The van der Waals surface area contributed by atoms with Gasteiger partial charge in [0, 0.05) is 28.6 Å². The van der Waals surface area contributed by atoms with E-state index in [0.717, 1.165) is 21.2 Å². The smallest absolute Gasteiger partial charge is 0.271 e. The lowest BCUT2D eigenvalue weighted by atomic mass is 10.2. The second-order valence-corrected chi connectivity index (χ2v) is 6.70. The van der Waals surface area contributed by atoms with Gasteiger partial charge in [-0.25, -0.2) is 0 Å². The zero-order valence-electron chi connectivity index (χ0n) is 9.75. The summed E-state index contributed by atoms with van der Waals surface area (Å²) in [6.07, 6.45) is 1.96. The van der Waals surface area contributed by atoms with Gasteiger partial charge < -0.3 is 4.57 Å².